The monoisotopic (exact) mass is 514 g/mol. The fourth-order valence-electron chi connectivity index (χ4n) is 9.37. The molecule has 0 aromatic heterocycles. The fraction of sp³-hybridized carbons (Fsp3) is 1.00. The van der Waals surface area contributed by atoms with E-state index >= 15 is 0 Å². The second-order valence-corrected chi connectivity index (χ2v) is 14.9. The number of rotatable bonds is 6. The van der Waals surface area contributed by atoms with Crippen molar-refractivity contribution in [1.29, 1.82) is 0 Å². The summed E-state index contributed by atoms with van der Waals surface area (Å²) in [4.78, 5) is 0. The molecule has 0 spiro atoms. The summed E-state index contributed by atoms with van der Waals surface area (Å²) < 4.78 is 5.86. The molecule has 0 bridgehead atoms. The number of hydrogen-bond donors (Lipinski definition) is 0. The van der Waals surface area contributed by atoms with Crippen molar-refractivity contribution in [1.82, 2.24) is 0 Å². The predicted octanol–water partition coefficient (Wildman–Crippen LogP) is 8.86. The van der Waals surface area contributed by atoms with Crippen LogP contribution >= 0.6 is 27.5 Å². The highest BCUT2D eigenvalue weighted by atomic mass is 79.9. The van der Waals surface area contributed by atoms with Crippen LogP contribution in [0.25, 0.3) is 0 Å². The minimum atomic E-state index is 0.0392. The van der Waals surface area contributed by atoms with Gasteiger partial charge in [0.05, 0.1) is 10.4 Å². The molecular weight excluding hydrogens is 468 g/mol. The highest BCUT2D eigenvalue weighted by Gasteiger charge is 2.67. The topological polar surface area (TPSA) is 9.23 Å². The van der Waals surface area contributed by atoms with Gasteiger partial charge < -0.3 is 4.74 Å². The summed E-state index contributed by atoms with van der Waals surface area (Å²) >= 11 is 11.6. The van der Waals surface area contributed by atoms with E-state index in [0.717, 1.165) is 41.9 Å². The highest BCUT2D eigenvalue weighted by molar-refractivity contribution is 9.10. The largest absolute Gasteiger partial charge is 0.381 e. The van der Waals surface area contributed by atoms with Crippen molar-refractivity contribution in [2.24, 2.45) is 46.3 Å². The van der Waals surface area contributed by atoms with Crippen molar-refractivity contribution in [2.45, 2.75) is 121 Å². The SMILES string of the molecule is CO[C@H]1CC[C@]2(C)[C@H]3CC[C@]4(C)[C@@H]([C@H](C)CCCC(C)C)CC[C@H]4[C@@H]3C[C@@H](Cl)[C@@]2(Br)C1. The predicted molar refractivity (Wildman–Crippen MR) is 137 cm³/mol. The first kappa shape index (κ1) is 24.8. The van der Waals surface area contributed by atoms with Gasteiger partial charge >= 0.3 is 0 Å². The Morgan fingerprint density at radius 1 is 1.00 bits per heavy atom. The third-order valence-corrected chi connectivity index (χ3v) is 13.8. The van der Waals surface area contributed by atoms with Gasteiger partial charge in [0.25, 0.3) is 0 Å². The second kappa shape index (κ2) is 9.07. The van der Waals surface area contributed by atoms with Crippen LogP contribution in [0.2, 0.25) is 0 Å². The van der Waals surface area contributed by atoms with Gasteiger partial charge in [-0.2, -0.15) is 0 Å². The lowest BCUT2D eigenvalue weighted by Gasteiger charge is -2.65. The summed E-state index contributed by atoms with van der Waals surface area (Å²) in [5.41, 5.74) is 0.848. The molecule has 0 saturated heterocycles. The number of hydrogen-bond acceptors (Lipinski definition) is 1. The molecule has 0 aromatic carbocycles. The van der Waals surface area contributed by atoms with Gasteiger partial charge in [0.2, 0.25) is 0 Å². The molecule has 0 N–H and O–H groups in total. The van der Waals surface area contributed by atoms with Crippen molar-refractivity contribution in [3.05, 3.63) is 0 Å². The average Bonchev–Trinajstić information content (AvgIpc) is 3.06. The molecule has 0 amide bonds. The van der Waals surface area contributed by atoms with Gasteiger partial charge in [-0.1, -0.05) is 69.8 Å². The Balaban J connectivity index is 1.53. The van der Waals surface area contributed by atoms with E-state index < -0.39 is 0 Å². The summed E-state index contributed by atoms with van der Waals surface area (Å²) in [6, 6.07) is 0. The van der Waals surface area contributed by atoms with E-state index in [-0.39, 0.29) is 9.70 Å². The molecule has 0 unspecified atom stereocenters. The normalized spacial score (nSPS) is 50.6. The first-order valence-electron chi connectivity index (χ1n) is 13.4. The Kier molecular flexibility index (Phi) is 7.27. The van der Waals surface area contributed by atoms with Crippen LogP contribution < -0.4 is 0 Å². The van der Waals surface area contributed by atoms with Gasteiger partial charge in [0, 0.05) is 12.5 Å². The summed E-state index contributed by atoms with van der Waals surface area (Å²) in [6.07, 6.45) is 15.1. The lowest BCUT2D eigenvalue weighted by Crippen LogP contribution is -2.64. The molecule has 0 aliphatic heterocycles. The minimum Gasteiger partial charge on any atom is -0.381 e. The van der Waals surface area contributed by atoms with Crippen LogP contribution in [0.3, 0.4) is 0 Å². The lowest BCUT2D eigenvalue weighted by atomic mass is 9.44. The van der Waals surface area contributed by atoms with Crippen LogP contribution in [0.4, 0.5) is 0 Å². The Bertz CT molecular complexity index is 639. The zero-order chi connectivity index (χ0) is 22.6. The third kappa shape index (κ3) is 3.99. The molecule has 0 radical (unpaired) electrons. The summed E-state index contributed by atoms with van der Waals surface area (Å²) in [7, 11) is 1.88. The second-order valence-electron chi connectivity index (χ2n) is 13.0. The number of fused-ring (bicyclic) bond motifs is 5. The van der Waals surface area contributed by atoms with E-state index in [4.69, 9.17) is 16.3 Å². The van der Waals surface area contributed by atoms with Gasteiger partial charge in [-0.05, 0) is 97.7 Å². The average molecular weight is 516 g/mol. The van der Waals surface area contributed by atoms with Gasteiger partial charge in [-0.3, -0.25) is 0 Å². The molecule has 4 aliphatic rings. The van der Waals surface area contributed by atoms with Gasteiger partial charge in [-0.25, -0.2) is 0 Å². The number of ether oxygens (including phenoxy) is 1. The number of alkyl halides is 2. The lowest BCUT2D eigenvalue weighted by molar-refractivity contribution is -0.116. The Labute approximate surface area is 206 Å². The first-order valence-corrected chi connectivity index (χ1v) is 14.7. The quantitative estimate of drug-likeness (QED) is 0.321. The van der Waals surface area contributed by atoms with Gasteiger partial charge in [0.15, 0.2) is 0 Å². The van der Waals surface area contributed by atoms with Crippen molar-refractivity contribution in [3.63, 3.8) is 0 Å². The zero-order valence-electron chi connectivity index (χ0n) is 21.1. The first-order chi connectivity index (χ1) is 14.6. The van der Waals surface area contributed by atoms with E-state index in [2.05, 4.69) is 50.5 Å². The van der Waals surface area contributed by atoms with E-state index in [1.807, 2.05) is 7.11 Å². The van der Waals surface area contributed by atoms with Crippen LogP contribution in [-0.4, -0.2) is 22.9 Å². The summed E-state index contributed by atoms with van der Waals surface area (Å²) in [6.45, 7) is 12.6. The van der Waals surface area contributed by atoms with Crippen molar-refractivity contribution in [2.75, 3.05) is 7.11 Å². The number of methoxy groups -OCH3 is 1. The molecule has 10 atom stereocenters. The smallest absolute Gasteiger partial charge is 0.0585 e. The van der Waals surface area contributed by atoms with Crippen molar-refractivity contribution in [3.8, 4) is 0 Å². The van der Waals surface area contributed by atoms with E-state index in [0.29, 0.717) is 16.9 Å². The maximum Gasteiger partial charge on any atom is 0.0585 e. The molecule has 0 aromatic rings. The highest BCUT2D eigenvalue weighted by Crippen LogP contribution is 2.71. The molecule has 4 saturated carbocycles. The number of halogens is 2. The maximum absolute atomic E-state index is 7.29. The van der Waals surface area contributed by atoms with E-state index in [9.17, 15) is 0 Å². The Morgan fingerprint density at radius 2 is 1.74 bits per heavy atom. The van der Waals surface area contributed by atoms with Crippen LogP contribution in [0.5, 0.6) is 0 Å². The molecule has 180 valence electrons. The molecule has 4 fully saturated rings. The standard InChI is InChI=1S/C28H48BrClO/c1-18(2)8-7-9-19(3)22-10-11-23-21-16-25(30)28(29)17-20(31-6)12-15-27(28,5)24(21)13-14-26(22,23)4/h18-25H,7-17H2,1-6H3/t19-,20+,21+,22-,23+,24+,25-,26-,27-,28+/m1/s1. The molecule has 3 heteroatoms. The zero-order valence-corrected chi connectivity index (χ0v) is 23.4. The summed E-state index contributed by atoms with van der Waals surface area (Å²) in [5.74, 6) is 5.18. The van der Waals surface area contributed by atoms with Gasteiger partial charge in [-0.15, -0.1) is 11.6 Å². The van der Waals surface area contributed by atoms with E-state index in [1.54, 1.807) is 0 Å². The minimum absolute atomic E-state index is 0.0392. The van der Waals surface area contributed by atoms with Crippen LogP contribution in [0.1, 0.15) is 105 Å². The van der Waals surface area contributed by atoms with Gasteiger partial charge in [0.1, 0.15) is 0 Å². The molecule has 4 aliphatic carbocycles. The summed E-state index contributed by atoms with van der Waals surface area (Å²) in [5, 5.41) is 0.224. The fourth-order valence-corrected chi connectivity index (χ4v) is 11.0. The maximum atomic E-state index is 7.29. The molecular formula is C28H48BrClO. The van der Waals surface area contributed by atoms with Crippen LogP contribution in [-0.2, 0) is 4.74 Å². The van der Waals surface area contributed by atoms with Crippen LogP contribution in [0, 0.1) is 46.3 Å². The Morgan fingerprint density at radius 3 is 2.42 bits per heavy atom. The molecule has 0 heterocycles. The molecule has 1 nitrogen and oxygen atoms in total. The third-order valence-electron chi connectivity index (χ3n) is 11.2. The Hall–Kier alpha value is 0.730. The van der Waals surface area contributed by atoms with E-state index in [1.165, 1.54) is 64.2 Å². The van der Waals surface area contributed by atoms with Crippen molar-refractivity contribution < 1.29 is 4.74 Å². The molecule has 4 rings (SSSR count). The van der Waals surface area contributed by atoms with Crippen LogP contribution in [0.15, 0.2) is 0 Å². The van der Waals surface area contributed by atoms with Crippen molar-refractivity contribution >= 4 is 27.5 Å². The molecule has 31 heavy (non-hydrogen) atoms.